The zero-order valence-electron chi connectivity index (χ0n) is 16.5. The lowest BCUT2D eigenvalue weighted by molar-refractivity contribution is 0.266. The predicted molar refractivity (Wildman–Crippen MR) is 112 cm³/mol. The Labute approximate surface area is 171 Å². The first kappa shape index (κ1) is 18.6. The van der Waals surface area contributed by atoms with Crippen LogP contribution in [0.3, 0.4) is 0 Å². The Balaban J connectivity index is 1.62. The summed E-state index contributed by atoms with van der Waals surface area (Å²) >= 11 is 0. The summed E-state index contributed by atoms with van der Waals surface area (Å²) in [5.41, 5.74) is 3.33. The van der Waals surface area contributed by atoms with E-state index >= 15 is 0 Å². The van der Waals surface area contributed by atoms with Crippen molar-refractivity contribution in [2.45, 2.75) is 43.5 Å². The van der Waals surface area contributed by atoms with Crippen molar-refractivity contribution in [2.24, 2.45) is 0 Å². The van der Waals surface area contributed by atoms with Crippen LogP contribution in [-0.2, 0) is 22.9 Å². The van der Waals surface area contributed by atoms with E-state index in [9.17, 15) is 8.42 Å². The standard InChI is InChI=1S/C22H25N3O3S/c1-2-24-12-5-7-18(24)14-17-15-25(19-8-4-11-23-21(17)19)29(26,27)20-9-3-6-16-10-13-28-22(16)20/h3-4,6,8-9,11,15,18H,2,5,7,10,12-14H2,1H3. The lowest BCUT2D eigenvalue weighted by atomic mass is 10.1. The molecule has 4 heterocycles. The van der Waals surface area contributed by atoms with Crippen molar-refractivity contribution < 1.29 is 13.2 Å². The number of ether oxygens (including phenoxy) is 1. The fourth-order valence-electron chi connectivity index (χ4n) is 4.73. The SMILES string of the molecule is CCN1CCCC1Cc1cn(S(=O)(=O)c2cccc3c2OCC3)c2cccnc12. The summed E-state index contributed by atoms with van der Waals surface area (Å²) in [5, 5.41) is 0. The maximum atomic E-state index is 13.6. The molecule has 1 aromatic carbocycles. The van der Waals surface area contributed by atoms with Crippen molar-refractivity contribution in [2.75, 3.05) is 19.7 Å². The summed E-state index contributed by atoms with van der Waals surface area (Å²) in [6.07, 6.45) is 7.39. The van der Waals surface area contributed by atoms with Crippen molar-refractivity contribution in [1.82, 2.24) is 13.9 Å². The molecule has 0 bridgehead atoms. The monoisotopic (exact) mass is 411 g/mol. The van der Waals surface area contributed by atoms with Crippen molar-refractivity contribution in [3.8, 4) is 5.75 Å². The molecule has 5 rings (SSSR count). The van der Waals surface area contributed by atoms with Crippen LogP contribution < -0.4 is 4.74 Å². The Morgan fingerprint density at radius 3 is 3.00 bits per heavy atom. The van der Waals surface area contributed by atoms with E-state index in [1.165, 1.54) is 10.4 Å². The second-order valence-electron chi connectivity index (χ2n) is 7.80. The maximum Gasteiger partial charge on any atom is 0.271 e. The minimum atomic E-state index is -3.78. The molecule has 2 aromatic heterocycles. The highest BCUT2D eigenvalue weighted by Crippen LogP contribution is 2.36. The van der Waals surface area contributed by atoms with Crippen molar-refractivity contribution >= 4 is 21.1 Å². The number of fused-ring (bicyclic) bond motifs is 2. The van der Waals surface area contributed by atoms with Crippen molar-refractivity contribution in [3.63, 3.8) is 0 Å². The van der Waals surface area contributed by atoms with Crippen LogP contribution in [0.15, 0.2) is 47.6 Å². The van der Waals surface area contributed by atoms with Crippen LogP contribution in [0.25, 0.3) is 11.0 Å². The van der Waals surface area contributed by atoms with Gasteiger partial charge >= 0.3 is 0 Å². The molecule has 0 radical (unpaired) electrons. The van der Waals surface area contributed by atoms with Gasteiger partial charge in [0.2, 0.25) is 0 Å². The summed E-state index contributed by atoms with van der Waals surface area (Å²) in [5.74, 6) is 0.493. The average Bonchev–Trinajstić information content (AvgIpc) is 3.46. The Hall–Kier alpha value is -2.38. The lowest BCUT2D eigenvalue weighted by Crippen LogP contribution is -2.30. The molecule has 2 aliphatic rings. The first-order valence-electron chi connectivity index (χ1n) is 10.3. The van der Waals surface area contributed by atoms with E-state index in [0.29, 0.717) is 23.9 Å². The number of hydrogen-bond acceptors (Lipinski definition) is 5. The molecule has 1 atom stereocenters. The number of hydrogen-bond donors (Lipinski definition) is 0. The topological polar surface area (TPSA) is 64.4 Å². The molecule has 1 saturated heterocycles. The molecule has 6 nitrogen and oxygen atoms in total. The summed E-state index contributed by atoms with van der Waals surface area (Å²) in [6.45, 7) is 4.83. The number of aromatic nitrogens is 2. The van der Waals surface area contributed by atoms with Crippen LogP contribution in [0.4, 0.5) is 0 Å². The zero-order chi connectivity index (χ0) is 20.0. The minimum Gasteiger partial charge on any atom is -0.492 e. The first-order chi connectivity index (χ1) is 14.1. The predicted octanol–water partition coefficient (Wildman–Crippen LogP) is 3.24. The van der Waals surface area contributed by atoms with Gasteiger partial charge in [0.25, 0.3) is 10.0 Å². The van der Waals surface area contributed by atoms with Gasteiger partial charge in [-0.2, -0.15) is 0 Å². The fraction of sp³-hybridized carbons (Fsp3) is 0.409. The van der Waals surface area contributed by atoms with E-state index in [2.05, 4.69) is 16.8 Å². The largest absolute Gasteiger partial charge is 0.492 e. The van der Waals surface area contributed by atoms with E-state index in [1.807, 2.05) is 12.1 Å². The van der Waals surface area contributed by atoms with Crippen LogP contribution in [0.2, 0.25) is 0 Å². The molecule has 1 fully saturated rings. The molecule has 29 heavy (non-hydrogen) atoms. The normalized spacial score (nSPS) is 19.6. The molecule has 0 N–H and O–H groups in total. The highest BCUT2D eigenvalue weighted by molar-refractivity contribution is 7.90. The third-order valence-electron chi connectivity index (χ3n) is 6.18. The summed E-state index contributed by atoms with van der Waals surface area (Å²) in [4.78, 5) is 7.24. The van der Waals surface area contributed by atoms with Gasteiger partial charge in [-0.05, 0) is 61.7 Å². The summed E-state index contributed by atoms with van der Waals surface area (Å²) in [6, 6.07) is 9.42. The molecule has 1 unspecified atom stereocenters. The van der Waals surface area contributed by atoms with Gasteiger partial charge in [0.15, 0.2) is 0 Å². The van der Waals surface area contributed by atoms with E-state index in [0.717, 1.165) is 49.0 Å². The van der Waals surface area contributed by atoms with E-state index in [-0.39, 0.29) is 4.90 Å². The van der Waals surface area contributed by atoms with E-state index in [1.54, 1.807) is 30.6 Å². The third kappa shape index (κ3) is 3.04. The van der Waals surface area contributed by atoms with Gasteiger partial charge in [-0.3, -0.25) is 4.98 Å². The van der Waals surface area contributed by atoms with E-state index < -0.39 is 10.0 Å². The average molecular weight is 412 g/mol. The number of para-hydroxylation sites is 1. The molecule has 0 spiro atoms. The number of rotatable bonds is 5. The summed E-state index contributed by atoms with van der Waals surface area (Å²) in [7, 11) is -3.78. The molecule has 7 heteroatoms. The Kier molecular flexibility index (Phi) is 4.59. The van der Waals surface area contributed by atoms with Crippen LogP contribution in [0, 0.1) is 0 Å². The van der Waals surface area contributed by atoms with Gasteiger partial charge in [-0.15, -0.1) is 0 Å². The maximum absolute atomic E-state index is 13.6. The second-order valence-corrected chi connectivity index (χ2v) is 9.58. The quantitative estimate of drug-likeness (QED) is 0.645. The number of likely N-dealkylation sites (N-methyl/N-ethyl adjacent to an activating group) is 1. The molecule has 0 amide bonds. The van der Waals surface area contributed by atoms with Crippen LogP contribution in [0.1, 0.15) is 30.9 Å². The summed E-state index contributed by atoms with van der Waals surface area (Å²) < 4.78 is 34.3. The highest BCUT2D eigenvalue weighted by atomic mass is 32.2. The van der Waals surface area contributed by atoms with Gasteiger partial charge in [0.05, 0.1) is 17.6 Å². The van der Waals surface area contributed by atoms with Gasteiger partial charge in [0, 0.05) is 24.9 Å². The van der Waals surface area contributed by atoms with Crippen LogP contribution in [0.5, 0.6) is 5.75 Å². The molecule has 0 aliphatic carbocycles. The zero-order valence-corrected chi connectivity index (χ0v) is 17.4. The molecule has 0 saturated carbocycles. The second kappa shape index (κ2) is 7.15. The molecule has 3 aromatic rings. The molecule has 152 valence electrons. The highest BCUT2D eigenvalue weighted by Gasteiger charge is 2.30. The third-order valence-corrected chi connectivity index (χ3v) is 7.87. The van der Waals surface area contributed by atoms with Crippen LogP contribution >= 0.6 is 0 Å². The van der Waals surface area contributed by atoms with Gasteiger partial charge in [-0.25, -0.2) is 12.4 Å². The number of benzene rings is 1. The molecule has 2 aliphatic heterocycles. The smallest absolute Gasteiger partial charge is 0.271 e. The number of likely N-dealkylation sites (tertiary alicyclic amines) is 1. The lowest BCUT2D eigenvalue weighted by Gasteiger charge is -2.22. The van der Waals surface area contributed by atoms with E-state index in [4.69, 9.17) is 4.74 Å². The Bertz CT molecular complexity index is 1170. The van der Waals surface area contributed by atoms with Gasteiger partial charge in [0.1, 0.15) is 10.6 Å². The fourth-order valence-corrected chi connectivity index (χ4v) is 6.29. The van der Waals surface area contributed by atoms with Crippen molar-refractivity contribution in [3.05, 3.63) is 53.9 Å². The minimum absolute atomic E-state index is 0.232. The Morgan fingerprint density at radius 1 is 1.24 bits per heavy atom. The van der Waals surface area contributed by atoms with Crippen LogP contribution in [-0.4, -0.2) is 48.0 Å². The van der Waals surface area contributed by atoms with Crippen molar-refractivity contribution in [1.29, 1.82) is 0 Å². The first-order valence-corrected chi connectivity index (χ1v) is 11.7. The molecular formula is C22H25N3O3S. The van der Waals surface area contributed by atoms with Gasteiger partial charge in [-0.1, -0.05) is 19.1 Å². The Morgan fingerprint density at radius 2 is 2.14 bits per heavy atom. The number of pyridine rings is 1. The number of nitrogens with zero attached hydrogens (tertiary/aromatic N) is 3. The van der Waals surface area contributed by atoms with Gasteiger partial charge < -0.3 is 9.64 Å². The molecular weight excluding hydrogens is 386 g/mol.